The maximum Gasteiger partial charge on any atom is 0.246 e. The number of nitrogens with zero attached hydrogens (tertiary/aromatic N) is 2. The summed E-state index contributed by atoms with van der Waals surface area (Å²) in [5.41, 5.74) is 4.08. The van der Waals surface area contributed by atoms with Crippen molar-refractivity contribution in [1.29, 1.82) is 0 Å². The Morgan fingerprint density at radius 2 is 1.40 bits per heavy atom. The van der Waals surface area contributed by atoms with Gasteiger partial charge in [0.15, 0.2) is 0 Å². The van der Waals surface area contributed by atoms with Gasteiger partial charge >= 0.3 is 0 Å². The number of likely N-dealkylation sites (tertiary alicyclic amines) is 1. The third-order valence-corrected chi connectivity index (χ3v) is 9.26. The van der Waals surface area contributed by atoms with Crippen LogP contribution in [0.3, 0.4) is 0 Å². The lowest BCUT2D eigenvalue weighted by Gasteiger charge is -2.35. The maximum absolute atomic E-state index is 13.8. The van der Waals surface area contributed by atoms with Crippen molar-refractivity contribution in [2.75, 3.05) is 92.4 Å². The van der Waals surface area contributed by atoms with Crippen LogP contribution in [-0.2, 0) is 49.3 Å². The van der Waals surface area contributed by atoms with Crippen molar-refractivity contribution in [3.63, 3.8) is 0 Å². The number of carbonyl (C=O) groups excluding carboxylic acids is 3. The summed E-state index contributed by atoms with van der Waals surface area (Å²) in [5, 5.41) is 24.9. The van der Waals surface area contributed by atoms with E-state index >= 15 is 0 Å². The third kappa shape index (κ3) is 16.5. The van der Waals surface area contributed by atoms with Gasteiger partial charge in [-0.1, -0.05) is 45.0 Å². The molecule has 3 atom stereocenters. The molecule has 2 aromatic rings. The van der Waals surface area contributed by atoms with Crippen LogP contribution in [0.1, 0.15) is 44.9 Å². The van der Waals surface area contributed by atoms with Gasteiger partial charge in [0.1, 0.15) is 12.1 Å². The van der Waals surface area contributed by atoms with Crippen LogP contribution in [0.15, 0.2) is 29.8 Å². The molecule has 1 aromatic heterocycles. The van der Waals surface area contributed by atoms with Crippen LogP contribution in [0, 0.1) is 12.3 Å². The number of thiazole rings is 1. The summed E-state index contributed by atoms with van der Waals surface area (Å²) in [7, 11) is 0. The normalized spacial score (nSPS) is 16.5. The Kier molecular flexibility index (Phi) is 20.4. The highest BCUT2D eigenvalue weighted by molar-refractivity contribution is 7.13. The van der Waals surface area contributed by atoms with E-state index in [1.165, 1.54) is 4.90 Å². The Hall–Kier alpha value is -3.06. The van der Waals surface area contributed by atoms with E-state index in [-0.39, 0.29) is 51.0 Å². The Morgan fingerprint density at radius 1 is 0.868 bits per heavy atom. The molecule has 1 aliphatic heterocycles. The molecule has 0 unspecified atom stereocenters. The van der Waals surface area contributed by atoms with Crippen LogP contribution in [-0.4, -0.2) is 148 Å². The number of aliphatic hydroxyl groups excluding tert-OH is 2. The van der Waals surface area contributed by atoms with Crippen molar-refractivity contribution >= 4 is 29.1 Å². The van der Waals surface area contributed by atoms with E-state index in [0.29, 0.717) is 72.7 Å². The van der Waals surface area contributed by atoms with Crippen molar-refractivity contribution in [2.24, 2.45) is 5.41 Å². The van der Waals surface area contributed by atoms with Gasteiger partial charge in [0, 0.05) is 25.9 Å². The molecule has 1 saturated heterocycles. The zero-order chi connectivity index (χ0) is 38.5. The topological polar surface area (TPSA) is 187 Å². The summed E-state index contributed by atoms with van der Waals surface area (Å²) in [5.74, 6) is -1.13. The van der Waals surface area contributed by atoms with E-state index in [4.69, 9.17) is 33.5 Å². The number of β-amino-alcohol motifs (C(OH)–C–C–N with tert-alkyl or cyclic N) is 1. The van der Waals surface area contributed by atoms with Crippen LogP contribution < -0.4 is 10.6 Å². The smallest absolute Gasteiger partial charge is 0.246 e. The number of rotatable bonds is 26. The number of hydrogen-bond acceptors (Lipinski definition) is 13. The van der Waals surface area contributed by atoms with Crippen LogP contribution in [0.5, 0.6) is 0 Å². The van der Waals surface area contributed by atoms with Gasteiger partial charge in [-0.15, -0.1) is 11.3 Å². The first-order chi connectivity index (χ1) is 25.5. The second kappa shape index (κ2) is 24.4. The summed E-state index contributed by atoms with van der Waals surface area (Å²) in [4.78, 5) is 46.8. The Morgan fingerprint density at radius 3 is 1.89 bits per heavy atom. The molecule has 3 amide bonds. The lowest BCUT2D eigenvalue weighted by molar-refractivity contribution is -0.144. The number of aromatic nitrogens is 1. The van der Waals surface area contributed by atoms with E-state index in [9.17, 15) is 19.5 Å². The van der Waals surface area contributed by atoms with Gasteiger partial charge < -0.3 is 54.2 Å². The zero-order valence-electron chi connectivity index (χ0n) is 31.5. The summed E-state index contributed by atoms with van der Waals surface area (Å²) in [6.07, 6.45) is -0.696. The molecule has 2 heterocycles. The molecule has 4 N–H and O–H groups in total. The molecule has 3 rings (SSSR count). The number of amides is 3. The first kappa shape index (κ1) is 44.3. The van der Waals surface area contributed by atoms with Gasteiger partial charge in [-0.3, -0.25) is 14.4 Å². The van der Waals surface area contributed by atoms with Gasteiger partial charge in [-0.2, -0.15) is 0 Å². The molecule has 53 heavy (non-hydrogen) atoms. The van der Waals surface area contributed by atoms with Gasteiger partial charge in [-0.25, -0.2) is 4.98 Å². The Balaban J connectivity index is 1.30. The standard InChI is InChI=1S/C37H58N4O11S/c1-27-33(53-26-39-27)29-7-5-28(6-8-29)24-38-35(45)31-23-30(43)25-41(31)36(46)34(37(2,3)4)40-32(44)9-11-47-13-15-49-17-19-51-21-22-52-20-18-50-16-14-48-12-10-42/h5-8,26,30-31,34,42-43H,9-25H2,1-4H3,(H,38,45)(H,40,44)/t30-,31+,34-/m1/s1. The van der Waals surface area contributed by atoms with Crippen molar-refractivity contribution in [2.45, 2.75) is 65.3 Å². The van der Waals surface area contributed by atoms with Crippen LogP contribution in [0.4, 0.5) is 0 Å². The predicted octanol–water partition coefficient (Wildman–Crippen LogP) is 1.71. The number of carbonyl (C=O) groups is 3. The second-order valence-electron chi connectivity index (χ2n) is 13.6. The number of ether oxygens (including phenoxy) is 6. The fourth-order valence-electron chi connectivity index (χ4n) is 5.44. The van der Waals surface area contributed by atoms with Crippen LogP contribution in [0.2, 0.25) is 0 Å². The molecule has 16 heteroatoms. The molecule has 0 radical (unpaired) electrons. The van der Waals surface area contributed by atoms with E-state index in [0.717, 1.165) is 21.7 Å². The molecule has 15 nitrogen and oxygen atoms in total. The molecule has 0 spiro atoms. The molecular formula is C37H58N4O11S. The molecule has 1 fully saturated rings. The number of hydrogen-bond donors (Lipinski definition) is 4. The number of aryl methyl sites for hydroxylation is 1. The Bertz CT molecular complexity index is 1360. The molecule has 1 aliphatic rings. The molecule has 1 aromatic carbocycles. The van der Waals surface area contributed by atoms with Crippen LogP contribution in [0.25, 0.3) is 10.4 Å². The zero-order valence-corrected chi connectivity index (χ0v) is 32.3. The minimum Gasteiger partial charge on any atom is -0.394 e. The van der Waals surface area contributed by atoms with Crippen molar-refractivity contribution in [3.8, 4) is 10.4 Å². The largest absolute Gasteiger partial charge is 0.394 e. The Labute approximate surface area is 316 Å². The van der Waals surface area contributed by atoms with E-state index in [1.54, 1.807) is 11.3 Å². The van der Waals surface area contributed by atoms with Crippen molar-refractivity contribution in [3.05, 3.63) is 41.0 Å². The molecule has 0 bridgehead atoms. The van der Waals surface area contributed by atoms with Gasteiger partial charge in [0.25, 0.3) is 0 Å². The fourth-order valence-corrected chi connectivity index (χ4v) is 6.26. The molecular weight excluding hydrogens is 708 g/mol. The average molecular weight is 767 g/mol. The first-order valence-electron chi connectivity index (χ1n) is 18.1. The van der Waals surface area contributed by atoms with Crippen LogP contribution >= 0.6 is 11.3 Å². The summed E-state index contributed by atoms with van der Waals surface area (Å²) in [6.45, 7) is 12.3. The van der Waals surface area contributed by atoms with Crippen molar-refractivity contribution < 1.29 is 53.0 Å². The maximum atomic E-state index is 13.8. The minimum absolute atomic E-state index is 0.000388. The van der Waals surface area contributed by atoms with E-state index in [1.807, 2.05) is 57.5 Å². The SMILES string of the molecule is Cc1ncsc1-c1ccc(CNC(=O)[C@@H]2C[C@@H](O)CN2C(=O)[C@@H](NC(=O)CCOCCOCCOCCOCCOCCOCCO)C(C)(C)C)cc1. The molecule has 0 aliphatic carbocycles. The molecule has 0 saturated carbocycles. The highest BCUT2D eigenvalue weighted by atomic mass is 32.1. The average Bonchev–Trinajstić information content (AvgIpc) is 3.75. The summed E-state index contributed by atoms with van der Waals surface area (Å²) >= 11 is 1.57. The lowest BCUT2D eigenvalue weighted by Crippen LogP contribution is -2.57. The molecule has 298 valence electrons. The van der Waals surface area contributed by atoms with Crippen molar-refractivity contribution in [1.82, 2.24) is 20.5 Å². The van der Waals surface area contributed by atoms with E-state index in [2.05, 4.69) is 15.6 Å². The lowest BCUT2D eigenvalue weighted by atomic mass is 9.85. The predicted molar refractivity (Wildman–Crippen MR) is 198 cm³/mol. The highest BCUT2D eigenvalue weighted by Crippen LogP contribution is 2.28. The first-order valence-corrected chi connectivity index (χ1v) is 19.0. The van der Waals surface area contributed by atoms with Gasteiger partial charge in [0.05, 0.1) is 108 Å². The monoisotopic (exact) mass is 766 g/mol. The van der Waals surface area contributed by atoms with Gasteiger partial charge in [-0.05, 0) is 23.5 Å². The minimum atomic E-state index is -0.914. The number of benzene rings is 1. The number of aliphatic hydroxyl groups is 2. The van der Waals surface area contributed by atoms with E-state index < -0.39 is 29.5 Å². The third-order valence-electron chi connectivity index (χ3n) is 8.28. The summed E-state index contributed by atoms with van der Waals surface area (Å²) in [6, 6.07) is 6.10. The fraction of sp³-hybridized carbons (Fsp3) is 0.676. The highest BCUT2D eigenvalue weighted by Gasteiger charge is 2.44. The van der Waals surface area contributed by atoms with Gasteiger partial charge in [0.2, 0.25) is 17.7 Å². The summed E-state index contributed by atoms with van der Waals surface area (Å²) < 4.78 is 32.3. The number of nitrogens with one attached hydrogen (secondary N) is 2. The quantitative estimate of drug-likeness (QED) is 0.102. The second-order valence-corrected chi connectivity index (χ2v) is 14.4.